The highest BCUT2D eigenvalue weighted by molar-refractivity contribution is 7.16. The van der Waals surface area contributed by atoms with Gasteiger partial charge in [0, 0.05) is 16.0 Å². The van der Waals surface area contributed by atoms with Gasteiger partial charge in [0.25, 0.3) is 5.56 Å². The van der Waals surface area contributed by atoms with E-state index in [0.717, 1.165) is 15.4 Å². The van der Waals surface area contributed by atoms with E-state index in [4.69, 9.17) is 11.6 Å². The van der Waals surface area contributed by atoms with Crippen molar-refractivity contribution in [1.29, 1.82) is 0 Å². The van der Waals surface area contributed by atoms with Crippen LogP contribution in [-0.2, 0) is 0 Å². The summed E-state index contributed by atoms with van der Waals surface area (Å²) in [5.74, 6) is 0.546. The Morgan fingerprint density at radius 3 is 2.76 bits per heavy atom. The average Bonchev–Trinajstić information content (AvgIpc) is 3.24. The van der Waals surface area contributed by atoms with Gasteiger partial charge in [0.1, 0.15) is 15.7 Å². The third kappa shape index (κ3) is 3.13. The Kier molecular flexibility index (Phi) is 4.20. The summed E-state index contributed by atoms with van der Waals surface area (Å²) in [6.07, 6.45) is 1.57. The predicted molar refractivity (Wildman–Crippen MR) is 104 cm³/mol. The third-order valence-corrected chi connectivity index (χ3v) is 5.52. The Morgan fingerprint density at radius 1 is 1.16 bits per heavy atom. The van der Waals surface area contributed by atoms with Crippen molar-refractivity contribution in [2.45, 2.75) is 6.92 Å². The van der Waals surface area contributed by atoms with Gasteiger partial charge in [-0.1, -0.05) is 23.7 Å². The molecule has 124 valence electrons. The van der Waals surface area contributed by atoms with E-state index in [1.54, 1.807) is 19.2 Å². The molecule has 1 aromatic carbocycles. The highest BCUT2D eigenvalue weighted by Crippen LogP contribution is 2.24. The van der Waals surface area contributed by atoms with Gasteiger partial charge in [0.15, 0.2) is 0 Å². The van der Waals surface area contributed by atoms with Crippen LogP contribution in [0, 0.1) is 6.92 Å². The van der Waals surface area contributed by atoms with Crippen LogP contribution < -0.4 is 5.56 Å². The Hall–Kier alpha value is -2.35. The number of halogens is 1. The molecule has 5 nitrogen and oxygen atoms in total. The monoisotopic (exact) mass is 386 g/mol. The fraction of sp³-hybridized carbons (Fsp3) is 0.0588. The minimum atomic E-state index is -0.173. The van der Waals surface area contributed by atoms with E-state index in [2.05, 4.69) is 15.1 Å². The van der Waals surface area contributed by atoms with Gasteiger partial charge >= 0.3 is 0 Å². The summed E-state index contributed by atoms with van der Waals surface area (Å²) in [7, 11) is 0. The Bertz CT molecular complexity index is 1140. The molecule has 0 radical (unpaired) electrons. The van der Waals surface area contributed by atoms with Crippen LogP contribution in [0.5, 0.6) is 0 Å². The van der Waals surface area contributed by atoms with Crippen LogP contribution in [0.4, 0.5) is 0 Å². The maximum Gasteiger partial charge on any atom is 0.282 e. The van der Waals surface area contributed by atoms with E-state index >= 15 is 0 Å². The van der Waals surface area contributed by atoms with E-state index < -0.39 is 0 Å². The van der Waals surface area contributed by atoms with Gasteiger partial charge in [-0.05, 0) is 30.5 Å². The zero-order valence-electron chi connectivity index (χ0n) is 13.0. The SMILES string of the molecule is Cc1nc2sccc2c(=O)n1/N=C\c1csc(-c2ccc(Cl)cc2)n1. The number of hydrogen-bond acceptors (Lipinski definition) is 6. The van der Waals surface area contributed by atoms with Gasteiger partial charge in [-0.2, -0.15) is 9.78 Å². The van der Waals surface area contributed by atoms with E-state index in [-0.39, 0.29) is 5.56 Å². The summed E-state index contributed by atoms with van der Waals surface area (Å²) in [5.41, 5.74) is 1.50. The van der Waals surface area contributed by atoms with Crippen LogP contribution in [0.25, 0.3) is 20.8 Å². The van der Waals surface area contributed by atoms with Crippen molar-refractivity contribution in [3.05, 3.63) is 68.0 Å². The van der Waals surface area contributed by atoms with Crippen molar-refractivity contribution < 1.29 is 0 Å². The number of nitrogens with zero attached hydrogens (tertiary/aromatic N) is 4. The molecule has 0 aliphatic rings. The zero-order chi connectivity index (χ0) is 17.4. The number of thiophene rings is 1. The molecule has 0 N–H and O–H groups in total. The van der Waals surface area contributed by atoms with Crippen LogP contribution in [0.2, 0.25) is 5.02 Å². The second kappa shape index (κ2) is 6.51. The van der Waals surface area contributed by atoms with Gasteiger partial charge in [-0.25, -0.2) is 9.97 Å². The molecule has 0 aliphatic carbocycles. The van der Waals surface area contributed by atoms with Crippen LogP contribution in [-0.4, -0.2) is 20.9 Å². The first-order valence-electron chi connectivity index (χ1n) is 7.34. The maximum absolute atomic E-state index is 12.5. The van der Waals surface area contributed by atoms with Crippen molar-refractivity contribution in [2.75, 3.05) is 0 Å². The first-order chi connectivity index (χ1) is 12.1. The van der Waals surface area contributed by atoms with E-state index in [1.165, 1.54) is 27.3 Å². The number of rotatable bonds is 3. The van der Waals surface area contributed by atoms with Crippen LogP contribution in [0.15, 0.2) is 51.0 Å². The molecule has 3 aromatic heterocycles. The number of hydrogen-bond donors (Lipinski definition) is 0. The van der Waals surface area contributed by atoms with Crippen molar-refractivity contribution in [1.82, 2.24) is 14.6 Å². The average molecular weight is 387 g/mol. The van der Waals surface area contributed by atoms with Gasteiger partial charge in [0.05, 0.1) is 17.3 Å². The first kappa shape index (κ1) is 16.1. The molecule has 0 bridgehead atoms. The highest BCUT2D eigenvalue weighted by atomic mass is 35.5. The molecular formula is C17H11ClN4OS2. The summed E-state index contributed by atoms with van der Waals surface area (Å²) in [6.45, 7) is 1.76. The van der Waals surface area contributed by atoms with Gasteiger partial charge in [-0.15, -0.1) is 22.7 Å². The van der Waals surface area contributed by atoms with Crippen LogP contribution in [0.1, 0.15) is 11.5 Å². The molecule has 8 heteroatoms. The minimum Gasteiger partial charge on any atom is -0.267 e. The van der Waals surface area contributed by atoms with Gasteiger partial charge in [-0.3, -0.25) is 4.79 Å². The number of aromatic nitrogens is 3. The predicted octanol–water partition coefficient (Wildman–Crippen LogP) is 4.43. The van der Waals surface area contributed by atoms with Crippen molar-refractivity contribution in [2.24, 2.45) is 5.10 Å². The smallest absolute Gasteiger partial charge is 0.267 e. The molecule has 0 saturated carbocycles. The summed E-state index contributed by atoms with van der Waals surface area (Å²) >= 11 is 8.86. The quantitative estimate of drug-likeness (QED) is 0.489. The van der Waals surface area contributed by atoms with Gasteiger partial charge < -0.3 is 0 Å². The topological polar surface area (TPSA) is 60.1 Å². The Morgan fingerprint density at radius 2 is 1.96 bits per heavy atom. The molecule has 0 fully saturated rings. The van der Waals surface area contributed by atoms with Crippen molar-refractivity contribution in [3.63, 3.8) is 0 Å². The molecule has 0 unspecified atom stereocenters. The lowest BCUT2D eigenvalue weighted by Crippen LogP contribution is -2.19. The lowest BCUT2D eigenvalue weighted by atomic mass is 10.2. The summed E-state index contributed by atoms with van der Waals surface area (Å²) in [5, 5.41) is 10.2. The molecule has 0 atom stereocenters. The second-order valence-electron chi connectivity index (χ2n) is 5.24. The number of benzene rings is 1. The van der Waals surface area contributed by atoms with Gasteiger partial charge in [0.2, 0.25) is 0 Å². The molecule has 4 aromatic rings. The van der Waals surface area contributed by atoms with E-state index in [0.29, 0.717) is 21.9 Å². The molecule has 0 spiro atoms. The number of thiazole rings is 1. The standard InChI is InChI=1S/C17H11ClN4OS2/c1-10-20-16-14(6-7-24-16)17(23)22(10)19-8-13-9-25-15(21-13)11-2-4-12(18)5-3-11/h2-9H,1H3/b19-8-. The van der Waals surface area contributed by atoms with E-state index in [9.17, 15) is 4.79 Å². The zero-order valence-corrected chi connectivity index (χ0v) is 15.4. The molecule has 0 aliphatic heterocycles. The molecule has 0 saturated heterocycles. The van der Waals surface area contributed by atoms with Crippen LogP contribution in [0.3, 0.4) is 0 Å². The summed E-state index contributed by atoms with van der Waals surface area (Å²) in [6, 6.07) is 9.27. The third-order valence-electron chi connectivity index (χ3n) is 3.56. The number of aryl methyl sites for hydroxylation is 1. The molecule has 25 heavy (non-hydrogen) atoms. The van der Waals surface area contributed by atoms with Crippen LogP contribution >= 0.6 is 34.3 Å². The van der Waals surface area contributed by atoms with E-state index in [1.807, 2.05) is 35.0 Å². The van der Waals surface area contributed by atoms with Crippen molar-refractivity contribution in [3.8, 4) is 10.6 Å². The number of fused-ring (bicyclic) bond motifs is 1. The molecule has 0 amide bonds. The van der Waals surface area contributed by atoms with Crippen molar-refractivity contribution >= 4 is 50.7 Å². The first-order valence-corrected chi connectivity index (χ1v) is 9.48. The fourth-order valence-electron chi connectivity index (χ4n) is 2.33. The summed E-state index contributed by atoms with van der Waals surface area (Å²) < 4.78 is 1.30. The molecule has 3 heterocycles. The highest BCUT2D eigenvalue weighted by Gasteiger charge is 2.08. The Balaban J connectivity index is 1.67. The lowest BCUT2D eigenvalue weighted by molar-refractivity contribution is 0.772. The largest absolute Gasteiger partial charge is 0.282 e. The minimum absolute atomic E-state index is 0.173. The maximum atomic E-state index is 12.5. The molecular weight excluding hydrogens is 376 g/mol. The fourth-order valence-corrected chi connectivity index (χ4v) is 4.03. The summed E-state index contributed by atoms with van der Waals surface area (Å²) in [4.78, 5) is 22.1. The Labute approximate surface area is 155 Å². The normalized spacial score (nSPS) is 11.6. The second-order valence-corrected chi connectivity index (χ2v) is 7.43. The molecule has 4 rings (SSSR count). The lowest BCUT2D eigenvalue weighted by Gasteiger charge is -2.01.